The van der Waals surface area contributed by atoms with Gasteiger partial charge in [0, 0.05) is 7.05 Å². The smallest absolute Gasteiger partial charge is 0.163 e. The number of hydrogen-bond donors (Lipinski definition) is 0. The molecule has 13 heavy (non-hydrogen) atoms. The van der Waals surface area contributed by atoms with E-state index in [1.165, 1.54) is 0 Å². The lowest BCUT2D eigenvalue weighted by Gasteiger charge is -2.06. The normalized spacial score (nSPS) is 12.8. The second kappa shape index (κ2) is 4.36. The number of carbonyl (C=O) groups is 1. The van der Waals surface area contributed by atoms with Gasteiger partial charge in [-0.1, -0.05) is 0 Å². The molecule has 1 unspecified atom stereocenters. The van der Waals surface area contributed by atoms with Gasteiger partial charge in [0.05, 0.1) is 11.0 Å². The Morgan fingerprint density at radius 3 is 2.85 bits per heavy atom. The van der Waals surface area contributed by atoms with Crippen LogP contribution in [-0.2, 0) is 11.8 Å². The Hall–Kier alpha value is -0.910. The molecule has 0 spiro atoms. The van der Waals surface area contributed by atoms with Crippen molar-refractivity contribution in [3.63, 3.8) is 0 Å². The third-order valence-corrected chi connectivity index (χ3v) is 2.84. The van der Waals surface area contributed by atoms with Crippen LogP contribution in [0.25, 0.3) is 0 Å². The number of carbonyl (C=O) groups excluding carboxylic acids is 1. The van der Waals surface area contributed by atoms with Gasteiger partial charge in [0.15, 0.2) is 5.82 Å². The summed E-state index contributed by atoms with van der Waals surface area (Å²) in [7, 11) is 1.79. The number of ketones is 1. The fourth-order valence-corrected chi connectivity index (χ4v) is 1.73. The topological polar surface area (TPSA) is 60.7 Å². The highest BCUT2D eigenvalue weighted by Crippen LogP contribution is 2.24. The van der Waals surface area contributed by atoms with Crippen LogP contribution >= 0.6 is 11.8 Å². The van der Waals surface area contributed by atoms with E-state index >= 15 is 0 Å². The molecular formula is C7H12N4OS. The Morgan fingerprint density at radius 2 is 2.38 bits per heavy atom. The van der Waals surface area contributed by atoms with Crippen molar-refractivity contribution < 1.29 is 4.79 Å². The maximum Gasteiger partial charge on any atom is 0.163 e. The van der Waals surface area contributed by atoms with Crippen LogP contribution in [0.1, 0.15) is 24.9 Å². The minimum Gasteiger partial charge on any atom is -0.299 e. The maximum absolute atomic E-state index is 10.7. The molecule has 1 aromatic heterocycles. The average molecular weight is 200 g/mol. The lowest BCUT2D eigenvalue weighted by Crippen LogP contribution is -2.04. The number of nitrogens with zero attached hydrogens (tertiary/aromatic N) is 4. The van der Waals surface area contributed by atoms with Gasteiger partial charge < -0.3 is 0 Å². The van der Waals surface area contributed by atoms with Crippen LogP contribution in [0.15, 0.2) is 0 Å². The minimum atomic E-state index is 0.156. The Labute approximate surface area is 80.9 Å². The summed E-state index contributed by atoms with van der Waals surface area (Å²) in [5, 5.41) is 11.3. The van der Waals surface area contributed by atoms with Gasteiger partial charge in [-0.2, -0.15) is 0 Å². The molecule has 0 amide bonds. The lowest BCUT2D eigenvalue weighted by atomic mass is 10.4. The molecule has 0 radical (unpaired) electrons. The summed E-state index contributed by atoms with van der Waals surface area (Å²) in [5.41, 5.74) is 0. The molecular weight excluding hydrogens is 188 g/mol. The molecule has 1 aromatic rings. The van der Waals surface area contributed by atoms with Crippen molar-refractivity contribution >= 4 is 17.5 Å². The monoisotopic (exact) mass is 200 g/mol. The van der Waals surface area contributed by atoms with E-state index in [-0.39, 0.29) is 11.0 Å². The van der Waals surface area contributed by atoms with E-state index in [1.54, 1.807) is 30.4 Å². The molecule has 0 saturated carbocycles. The molecule has 0 bridgehead atoms. The van der Waals surface area contributed by atoms with E-state index in [0.29, 0.717) is 5.75 Å². The molecule has 1 heterocycles. The molecule has 1 rings (SSSR count). The van der Waals surface area contributed by atoms with Crippen molar-refractivity contribution in [3.05, 3.63) is 5.82 Å². The molecule has 0 aliphatic rings. The number of tetrazole rings is 1. The third-order valence-electron chi connectivity index (χ3n) is 1.55. The minimum absolute atomic E-state index is 0.156. The van der Waals surface area contributed by atoms with E-state index in [0.717, 1.165) is 5.82 Å². The standard InChI is InChI=1S/C7H12N4OS/c1-5(12)4-13-6(2)7-8-9-10-11(7)3/h6H,4H2,1-3H3. The van der Waals surface area contributed by atoms with Crippen LogP contribution in [0.5, 0.6) is 0 Å². The zero-order valence-corrected chi connectivity index (χ0v) is 8.71. The Bertz CT molecular complexity index is 298. The average Bonchev–Trinajstić information content (AvgIpc) is 2.47. The van der Waals surface area contributed by atoms with Crippen LogP contribution < -0.4 is 0 Å². The summed E-state index contributed by atoms with van der Waals surface area (Å²) in [6, 6.07) is 0. The maximum atomic E-state index is 10.7. The zero-order valence-electron chi connectivity index (χ0n) is 7.89. The summed E-state index contributed by atoms with van der Waals surface area (Å²) < 4.78 is 1.62. The van der Waals surface area contributed by atoms with Crippen LogP contribution in [0.3, 0.4) is 0 Å². The first-order valence-corrected chi connectivity index (χ1v) is 4.99. The Morgan fingerprint density at radius 1 is 1.69 bits per heavy atom. The van der Waals surface area contributed by atoms with Gasteiger partial charge in [-0.25, -0.2) is 4.68 Å². The number of aryl methyl sites for hydroxylation is 1. The van der Waals surface area contributed by atoms with Crippen molar-refractivity contribution in [1.82, 2.24) is 20.2 Å². The second-order valence-corrected chi connectivity index (χ2v) is 4.15. The van der Waals surface area contributed by atoms with Crippen molar-refractivity contribution in [3.8, 4) is 0 Å². The largest absolute Gasteiger partial charge is 0.299 e. The Kier molecular flexibility index (Phi) is 3.41. The summed E-state index contributed by atoms with van der Waals surface area (Å²) >= 11 is 1.54. The van der Waals surface area contributed by atoms with Crippen molar-refractivity contribution in [1.29, 1.82) is 0 Å². The summed E-state index contributed by atoms with van der Waals surface area (Å²) in [5.74, 6) is 1.48. The van der Waals surface area contributed by atoms with Crippen molar-refractivity contribution in [2.45, 2.75) is 19.1 Å². The summed E-state index contributed by atoms with van der Waals surface area (Å²) in [6.45, 7) is 3.56. The molecule has 6 heteroatoms. The highest BCUT2D eigenvalue weighted by Gasteiger charge is 2.13. The highest BCUT2D eigenvalue weighted by atomic mass is 32.2. The summed E-state index contributed by atoms with van der Waals surface area (Å²) in [6.07, 6.45) is 0. The number of rotatable bonds is 4. The second-order valence-electron chi connectivity index (χ2n) is 2.82. The molecule has 0 N–H and O–H groups in total. The number of Topliss-reactive ketones (excluding diaryl/α,β-unsaturated/α-hetero) is 1. The van der Waals surface area contributed by atoms with E-state index in [9.17, 15) is 4.79 Å². The SMILES string of the molecule is CC(=O)CSC(C)c1nnnn1C. The fourth-order valence-electron chi connectivity index (χ4n) is 0.898. The quantitative estimate of drug-likeness (QED) is 0.712. The van der Waals surface area contributed by atoms with Crippen molar-refractivity contribution in [2.24, 2.45) is 7.05 Å². The van der Waals surface area contributed by atoms with Gasteiger partial charge >= 0.3 is 0 Å². The first-order chi connectivity index (χ1) is 6.11. The third kappa shape index (κ3) is 2.80. The van der Waals surface area contributed by atoms with Gasteiger partial charge in [0.2, 0.25) is 0 Å². The Balaban J connectivity index is 2.53. The predicted molar refractivity (Wildman–Crippen MR) is 50.4 cm³/mol. The number of aromatic nitrogens is 4. The van der Waals surface area contributed by atoms with Crippen molar-refractivity contribution in [2.75, 3.05) is 5.75 Å². The van der Waals surface area contributed by atoms with Crippen LogP contribution in [0.4, 0.5) is 0 Å². The zero-order chi connectivity index (χ0) is 9.84. The van der Waals surface area contributed by atoms with Gasteiger partial charge in [-0.15, -0.1) is 16.9 Å². The number of hydrogen-bond acceptors (Lipinski definition) is 5. The molecule has 0 fully saturated rings. The van der Waals surface area contributed by atoms with Gasteiger partial charge in [-0.3, -0.25) is 4.79 Å². The molecule has 72 valence electrons. The van der Waals surface area contributed by atoms with Gasteiger partial charge in [-0.05, 0) is 24.3 Å². The molecule has 1 atom stereocenters. The van der Waals surface area contributed by atoms with Gasteiger partial charge in [0.25, 0.3) is 0 Å². The summed E-state index contributed by atoms with van der Waals surface area (Å²) in [4.78, 5) is 10.7. The molecule has 5 nitrogen and oxygen atoms in total. The van der Waals surface area contributed by atoms with E-state index in [4.69, 9.17) is 0 Å². The number of thioether (sulfide) groups is 1. The van der Waals surface area contributed by atoms with Gasteiger partial charge in [0.1, 0.15) is 5.78 Å². The van der Waals surface area contributed by atoms with Crippen LogP contribution in [-0.4, -0.2) is 31.7 Å². The highest BCUT2D eigenvalue weighted by molar-refractivity contribution is 8.00. The molecule has 0 aliphatic carbocycles. The van der Waals surface area contributed by atoms with Crippen LogP contribution in [0.2, 0.25) is 0 Å². The molecule has 0 aromatic carbocycles. The first kappa shape index (κ1) is 10.2. The fraction of sp³-hybridized carbons (Fsp3) is 0.714. The van der Waals surface area contributed by atoms with E-state index in [1.807, 2.05) is 6.92 Å². The lowest BCUT2D eigenvalue weighted by molar-refractivity contribution is -0.114. The predicted octanol–water partition coefficient (Wildman–Crippen LogP) is 0.593. The van der Waals surface area contributed by atoms with Crippen LogP contribution in [0, 0.1) is 0 Å². The van der Waals surface area contributed by atoms with E-state index in [2.05, 4.69) is 15.5 Å². The first-order valence-electron chi connectivity index (χ1n) is 3.94. The molecule has 0 aliphatic heterocycles. The van der Waals surface area contributed by atoms with E-state index < -0.39 is 0 Å². The molecule has 0 saturated heterocycles.